The van der Waals surface area contributed by atoms with Crippen LogP contribution in [0.1, 0.15) is 32.6 Å². The number of pyridine rings is 1. The molecule has 0 aliphatic heterocycles. The molecule has 200 valence electrons. The Kier molecular flexibility index (Phi) is 7.00. The highest BCUT2D eigenvalue weighted by Gasteiger charge is 2.30. The summed E-state index contributed by atoms with van der Waals surface area (Å²) in [5.74, 6) is -0.402. The van der Waals surface area contributed by atoms with Gasteiger partial charge in [-0.3, -0.25) is 9.78 Å². The van der Waals surface area contributed by atoms with Crippen molar-refractivity contribution in [2.75, 3.05) is 5.32 Å². The Morgan fingerprint density at radius 3 is 2.38 bits per heavy atom. The van der Waals surface area contributed by atoms with Crippen molar-refractivity contribution in [2.24, 2.45) is 0 Å². The Morgan fingerprint density at radius 1 is 0.949 bits per heavy atom. The summed E-state index contributed by atoms with van der Waals surface area (Å²) in [5.41, 5.74) is 3.81. The fourth-order valence-electron chi connectivity index (χ4n) is 4.84. The Labute approximate surface area is 224 Å². The van der Waals surface area contributed by atoms with Gasteiger partial charge in [0, 0.05) is 29.7 Å². The van der Waals surface area contributed by atoms with Crippen LogP contribution in [-0.2, 0) is 29.0 Å². The van der Waals surface area contributed by atoms with Gasteiger partial charge in [-0.2, -0.15) is 13.2 Å². The Balaban J connectivity index is 1.33. The summed E-state index contributed by atoms with van der Waals surface area (Å²) in [6.45, 7) is 1.80. The van der Waals surface area contributed by atoms with Gasteiger partial charge in [0.1, 0.15) is 4.90 Å². The highest BCUT2D eigenvalue weighted by atomic mass is 32.2. The number of amides is 1. The van der Waals surface area contributed by atoms with Crippen LogP contribution >= 0.6 is 0 Å². The van der Waals surface area contributed by atoms with Gasteiger partial charge in [-0.05, 0) is 90.0 Å². The zero-order valence-electron chi connectivity index (χ0n) is 20.8. The van der Waals surface area contributed by atoms with Crippen LogP contribution in [0, 0.1) is 6.92 Å². The number of sulfonamides is 1. The molecule has 0 saturated heterocycles. The highest BCUT2D eigenvalue weighted by Crippen LogP contribution is 2.34. The van der Waals surface area contributed by atoms with Gasteiger partial charge < -0.3 is 5.32 Å². The van der Waals surface area contributed by atoms with Gasteiger partial charge in [0.05, 0.1) is 5.56 Å². The van der Waals surface area contributed by atoms with Gasteiger partial charge in [0.15, 0.2) is 0 Å². The topological polar surface area (TPSA) is 88.2 Å². The van der Waals surface area contributed by atoms with Crippen molar-refractivity contribution in [3.05, 3.63) is 113 Å². The first-order chi connectivity index (χ1) is 18.5. The van der Waals surface area contributed by atoms with Crippen LogP contribution in [0.25, 0.3) is 11.1 Å². The van der Waals surface area contributed by atoms with Gasteiger partial charge in [0.25, 0.3) is 5.91 Å². The lowest BCUT2D eigenvalue weighted by molar-refractivity contribution is -0.137. The number of fused-ring (bicyclic) bond motifs is 1. The smallest absolute Gasteiger partial charge is 0.322 e. The van der Waals surface area contributed by atoms with E-state index in [2.05, 4.69) is 15.0 Å². The van der Waals surface area contributed by atoms with Crippen LogP contribution in [0.5, 0.6) is 0 Å². The maximum absolute atomic E-state index is 13.3. The fraction of sp³-hybridized carbons (Fsp3) is 0.172. The van der Waals surface area contributed by atoms with Crippen molar-refractivity contribution in [3.63, 3.8) is 0 Å². The lowest BCUT2D eigenvalue weighted by atomic mass is 9.93. The predicted molar refractivity (Wildman–Crippen MR) is 142 cm³/mol. The number of carbonyl (C=O) groups excluding carboxylic acids is 1. The zero-order chi connectivity index (χ0) is 27.8. The lowest BCUT2D eigenvalue weighted by Gasteiger charge is -2.15. The normalized spacial score (nSPS) is 15.1. The van der Waals surface area contributed by atoms with Crippen LogP contribution in [0.15, 0.2) is 90.1 Å². The first-order valence-corrected chi connectivity index (χ1v) is 13.6. The first kappa shape index (κ1) is 26.6. The number of nitrogens with one attached hydrogen (secondary N) is 2. The molecular formula is C29H24F3N3O3S. The number of alkyl halides is 3. The summed E-state index contributed by atoms with van der Waals surface area (Å²) in [5, 5.41) is 2.88. The molecule has 1 atom stereocenters. The molecule has 1 aromatic heterocycles. The van der Waals surface area contributed by atoms with E-state index >= 15 is 0 Å². The van der Waals surface area contributed by atoms with Gasteiger partial charge in [-0.25, -0.2) is 13.1 Å². The molecule has 10 heteroatoms. The van der Waals surface area contributed by atoms with E-state index in [0.29, 0.717) is 35.2 Å². The molecule has 0 fully saturated rings. The summed E-state index contributed by atoms with van der Waals surface area (Å²) in [7, 11) is -3.72. The monoisotopic (exact) mass is 551 g/mol. The number of hydrogen-bond acceptors (Lipinski definition) is 4. The third-order valence-electron chi connectivity index (χ3n) is 6.68. The van der Waals surface area contributed by atoms with Crippen LogP contribution in [0.2, 0.25) is 0 Å². The van der Waals surface area contributed by atoms with Gasteiger partial charge in [-0.15, -0.1) is 0 Å². The number of rotatable bonds is 6. The number of aryl methyl sites for hydroxylation is 1. The van der Waals surface area contributed by atoms with E-state index in [9.17, 15) is 26.4 Å². The van der Waals surface area contributed by atoms with Crippen LogP contribution < -0.4 is 10.0 Å². The fourth-order valence-corrected chi connectivity index (χ4v) is 6.04. The van der Waals surface area contributed by atoms with Crippen molar-refractivity contribution in [3.8, 4) is 11.1 Å². The number of aromatic nitrogens is 1. The quantitative estimate of drug-likeness (QED) is 0.318. The SMILES string of the molecule is Cc1cccc(C(=O)Nc2ccc3c(c2)C[C@@H](NS(=O)(=O)c2cccnc2)C3)c1-c1ccc(C(F)(F)F)cc1. The van der Waals surface area contributed by atoms with Crippen molar-refractivity contribution >= 4 is 21.6 Å². The number of anilines is 1. The third-order valence-corrected chi connectivity index (χ3v) is 8.19. The van der Waals surface area contributed by atoms with Crippen molar-refractivity contribution < 1.29 is 26.4 Å². The summed E-state index contributed by atoms with van der Waals surface area (Å²) >= 11 is 0. The molecule has 1 heterocycles. The minimum Gasteiger partial charge on any atom is -0.322 e. The number of benzene rings is 3. The van der Waals surface area contributed by atoms with E-state index in [1.165, 1.54) is 30.6 Å². The standard InChI is InChI=1S/C29H24F3N3O3S/c1-18-4-2-6-26(27(18)19-7-10-22(11-8-19)29(30,31)32)28(36)34-23-12-9-20-14-24(16-21(20)15-23)35-39(37,38)25-5-3-13-33-17-25/h2-13,15,17,24,35H,14,16H2,1H3,(H,34,36)/t24-/m0/s1. The van der Waals surface area contributed by atoms with E-state index in [1.807, 2.05) is 12.1 Å². The molecular weight excluding hydrogens is 527 g/mol. The molecule has 0 radical (unpaired) electrons. The van der Waals surface area contributed by atoms with Gasteiger partial charge >= 0.3 is 6.18 Å². The molecule has 1 aliphatic carbocycles. The lowest BCUT2D eigenvalue weighted by Crippen LogP contribution is -2.35. The van der Waals surface area contributed by atoms with E-state index in [1.54, 1.807) is 37.3 Å². The molecule has 5 rings (SSSR count). The molecule has 1 amide bonds. The molecule has 4 aromatic rings. The minimum absolute atomic E-state index is 0.0934. The molecule has 6 nitrogen and oxygen atoms in total. The summed E-state index contributed by atoms with van der Waals surface area (Å²) in [6.07, 6.45) is -0.680. The van der Waals surface area contributed by atoms with Gasteiger partial charge in [-0.1, -0.05) is 30.3 Å². The summed E-state index contributed by atoms with van der Waals surface area (Å²) in [6, 6.07) is 18.0. The average molecular weight is 552 g/mol. The number of hydrogen-bond donors (Lipinski definition) is 2. The first-order valence-electron chi connectivity index (χ1n) is 12.1. The number of nitrogens with zero attached hydrogens (tertiary/aromatic N) is 1. The molecule has 0 spiro atoms. The molecule has 0 bridgehead atoms. The predicted octanol–water partition coefficient (Wildman–Crippen LogP) is 5.77. The maximum Gasteiger partial charge on any atom is 0.416 e. The van der Waals surface area contributed by atoms with Crippen molar-refractivity contribution in [1.82, 2.24) is 9.71 Å². The van der Waals surface area contributed by atoms with E-state index in [4.69, 9.17) is 0 Å². The maximum atomic E-state index is 13.3. The second-order valence-corrected chi connectivity index (χ2v) is 11.1. The highest BCUT2D eigenvalue weighted by molar-refractivity contribution is 7.89. The second-order valence-electron chi connectivity index (χ2n) is 9.43. The Hall–Kier alpha value is -4.02. The van der Waals surface area contributed by atoms with E-state index < -0.39 is 27.7 Å². The van der Waals surface area contributed by atoms with Crippen LogP contribution in [0.4, 0.5) is 18.9 Å². The van der Waals surface area contributed by atoms with Gasteiger partial charge in [0.2, 0.25) is 10.0 Å². The molecule has 3 aromatic carbocycles. The van der Waals surface area contributed by atoms with Crippen LogP contribution in [0.3, 0.4) is 0 Å². The van der Waals surface area contributed by atoms with Crippen molar-refractivity contribution in [2.45, 2.75) is 36.9 Å². The minimum atomic E-state index is -4.45. The number of carbonyl (C=O) groups is 1. The molecule has 1 aliphatic rings. The van der Waals surface area contributed by atoms with E-state index in [0.717, 1.165) is 28.8 Å². The summed E-state index contributed by atoms with van der Waals surface area (Å²) in [4.78, 5) is 17.3. The zero-order valence-corrected chi connectivity index (χ0v) is 21.6. The molecule has 0 saturated carbocycles. The van der Waals surface area contributed by atoms with Crippen LogP contribution in [-0.4, -0.2) is 25.4 Å². The Morgan fingerprint density at radius 2 is 1.69 bits per heavy atom. The Bertz CT molecular complexity index is 1640. The summed E-state index contributed by atoms with van der Waals surface area (Å²) < 4.78 is 67.2. The second kappa shape index (κ2) is 10.3. The van der Waals surface area contributed by atoms with E-state index in [-0.39, 0.29) is 10.9 Å². The molecule has 0 unspecified atom stereocenters. The average Bonchev–Trinajstić information content (AvgIpc) is 3.29. The van der Waals surface area contributed by atoms with Crippen molar-refractivity contribution in [1.29, 1.82) is 0 Å². The molecule has 2 N–H and O–H groups in total. The number of halogens is 3. The third kappa shape index (κ3) is 5.71. The molecule has 39 heavy (non-hydrogen) atoms. The largest absolute Gasteiger partial charge is 0.416 e.